The molecule has 3 aromatic rings. The van der Waals surface area contributed by atoms with E-state index in [0.29, 0.717) is 36.7 Å². The smallest absolute Gasteiger partial charge is 0.273 e. The second-order valence-electron chi connectivity index (χ2n) is 6.94. The van der Waals surface area contributed by atoms with Gasteiger partial charge in [-0.2, -0.15) is 5.10 Å². The summed E-state index contributed by atoms with van der Waals surface area (Å²) in [5.41, 5.74) is 7.79. The van der Waals surface area contributed by atoms with Crippen LogP contribution >= 0.6 is 0 Å². The molecule has 1 atom stereocenters. The Balaban J connectivity index is 1.46. The van der Waals surface area contributed by atoms with E-state index in [1.807, 2.05) is 35.0 Å². The fourth-order valence-electron chi connectivity index (χ4n) is 3.57. The van der Waals surface area contributed by atoms with Gasteiger partial charge in [0.2, 0.25) is 0 Å². The van der Waals surface area contributed by atoms with Crippen LogP contribution in [-0.4, -0.2) is 33.1 Å². The molecule has 2 aromatic heterocycles. The normalized spacial score (nSPS) is 15.8. The van der Waals surface area contributed by atoms with Crippen LogP contribution in [0.1, 0.15) is 38.9 Å². The van der Waals surface area contributed by atoms with E-state index in [0.717, 1.165) is 17.7 Å². The van der Waals surface area contributed by atoms with Crippen molar-refractivity contribution in [2.24, 2.45) is 11.7 Å². The first-order valence-electron chi connectivity index (χ1n) is 9.18. The minimum absolute atomic E-state index is 0.194. The molecule has 0 radical (unpaired) electrons. The van der Waals surface area contributed by atoms with Crippen LogP contribution in [0.25, 0.3) is 11.3 Å². The summed E-state index contributed by atoms with van der Waals surface area (Å²) in [6, 6.07) is 9.43. The van der Waals surface area contributed by atoms with E-state index in [9.17, 15) is 9.59 Å². The van der Waals surface area contributed by atoms with Crippen LogP contribution in [0.3, 0.4) is 0 Å². The van der Waals surface area contributed by atoms with Crippen LogP contribution in [0.2, 0.25) is 0 Å². The van der Waals surface area contributed by atoms with Gasteiger partial charge in [-0.15, -0.1) is 0 Å². The Morgan fingerprint density at radius 1 is 1.32 bits per heavy atom. The second kappa shape index (κ2) is 7.30. The summed E-state index contributed by atoms with van der Waals surface area (Å²) < 4.78 is 7.47. The van der Waals surface area contributed by atoms with E-state index in [1.54, 1.807) is 6.92 Å². The van der Waals surface area contributed by atoms with E-state index in [4.69, 9.17) is 10.2 Å². The number of aromatic nitrogens is 3. The summed E-state index contributed by atoms with van der Waals surface area (Å²) in [5.74, 6) is 0.353. The van der Waals surface area contributed by atoms with E-state index in [2.05, 4.69) is 15.4 Å². The van der Waals surface area contributed by atoms with Crippen molar-refractivity contribution in [2.45, 2.75) is 26.3 Å². The number of rotatable bonds is 5. The van der Waals surface area contributed by atoms with Gasteiger partial charge in [0.05, 0.1) is 17.5 Å². The van der Waals surface area contributed by atoms with Crippen LogP contribution in [0.5, 0.6) is 0 Å². The van der Waals surface area contributed by atoms with Gasteiger partial charge in [0, 0.05) is 25.6 Å². The molecular formula is C20H21N5O3. The van der Waals surface area contributed by atoms with Crippen molar-refractivity contribution in [3.63, 3.8) is 0 Å². The monoisotopic (exact) mass is 379 g/mol. The molecular weight excluding hydrogens is 358 g/mol. The third-order valence-electron chi connectivity index (χ3n) is 4.98. The average Bonchev–Trinajstić information content (AvgIpc) is 3.30. The molecule has 1 aromatic carbocycles. The number of benzene rings is 1. The van der Waals surface area contributed by atoms with Crippen molar-refractivity contribution in [1.29, 1.82) is 0 Å². The number of fused-ring (bicyclic) bond motifs is 1. The quantitative estimate of drug-likeness (QED) is 0.703. The van der Waals surface area contributed by atoms with Gasteiger partial charge in [-0.25, -0.2) is 4.98 Å². The lowest BCUT2D eigenvalue weighted by Crippen LogP contribution is -2.34. The number of carbonyl (C=O) groups excluding carboxylic acids is 2. The van der Waals surface area contributed by atoms with Crippen molar-refractivity contribution in [3.8, 4) is 11.3 Å². The van der Waals surface area contributed by atoms with Crippen LogP contribution in [-0.2, 0) is 13.0 Å². The van der Waals surface area contributed by atoms with Gasteiger partial charge in [0.25, 0.3) is 11.8 Å². The zero-order chi connectivity index (χ0) is 19.7. The molecule has 3 N–H and O–H groups in total. The molecule has 1 unspecified atom stereocenters. The molecule has 0 spiro atoms. The molecule has 28 heavy (non-hydrogen) atoms. The van der Waals surface area contributed by atoms with Crippen molar-refractivity contribution >= 4 is 11.8 Å². The molecule has 1 aliphatic rings. The minimum Gasteiger partial charge on any atom is -0.440 e. The first-order valence-corrected chi connectivity index (χ1v) is 9.18. The number of primary amides is 1. The predicted molar refractivity (Wildman–Crippen MR) is 102 cm³/mol. The molecule has 0 aliphatic carbocycles. The molecule has 8 heteroatoms. The van der Waals surface area contributed by atoms with E-state index in [1.165, 1.54) is 6.20 Å². The molecule has 0 saturated heterocycles. The maximum atomic E-state index is 12.7. The maximum absolute atomic E-state index is 12.7. The summed E-state index contributed by atoms with van der Waals surface area (Å²) in [4.78, 5) is 28.5. The van der Waals surface area contributed by atoms with Crippen molar-refractivity contribution in [2.75, 3.05) is 6.54 Å². The first kappa shape index (κ1) is 18.0. The lowest BCUT2D eigenvalue weighted by Gasteiger charge is -2.24. The standard InChI is InChI=1S/C20H21N5O3/c1-12-24-17(18(28-12)14-5-3-2-4-6-14)20(27)22-10-13-7-8-25-16(9-13)15(11-23-25)19(21)26/h2-6,11,13H,7-10H2,1H3,(H2,21,26)(H,22,27). The second-order valence-corrected chi connectivity index (χ2v) is 6.94. The molecule has 0 bridgehead atoms. The van der Waals surface area contributed by atoms with Crippen LogP contribution in [0.15, 0.2) is 40.9 Å². The van der Waals surface area contributed by atoms with Gasteiger partial charge >= 0.3 is 0 Å². The molecule has 0 fully saturated rings. The lowest BCUT2D eigenvalue weighted by atomic mass is 9.94. The Hall–Kier alpha value is -3.42. The first-order chi connectivity index (χ1) is 13.5. The minimum atomic E-state index is -0.475. The van der Waals surface area contributed by atoms with Crippen molar-refractivity contribution < 1.29 is 14.0 Å². The van der Waals surface area contributed by atoms with Gasteiger partial charge in [-0.1, -0.05) is 30.3 Å². The van der Waals surface area contributed by atoms with E-state index >= 15 is 0 Å². The van der Waals surface area contributed by atoms with Crippen molar-refractivity contribution in [1.82, 2.24) is 20.1 Å². The number of amides is 2. The molecule has 3 heterocycles. The highest BCUT2D eigenvalue weighted by atomic mass is 16.4. The summed E-state index contributed by atoms with van der Waals surface area (Å²) in [7, 11) is 0. The van der Waals surface area contributed by atoms with E-state index < -0.39 is 5.91 Å². The predicted octanol–water partition coefficient (Wildman–Crippen LogP) is 1.94. The number of hydrogen-bond donors (Lipinski definition) is 2. The van der Waals surface area contributed by atoms with Gasteiger partial charge in [0.1, 0.15) is 0 Å². The van der Waals surface area contributed by atoms with Gasteiger partial charge < -0.3 is 15.5 Å². The highest BCUT2D eigenvalue weighted by Crippen LogP contribution is 2.25. The number of nitrogens with zero attached hydrogens (tertiary/aromatic N) is 3. The SMILES string of the molecule is Cc1nc(C(=O)NCC2CCn3ncc(C(N)=O)c3C2)c(-c2ccccc2)o1. The Morgan fingerprint density at radius 2 is 2.11 bits per heavy atom. The lowest BCUT2D eigenvalue weighted by molar-refractivity contribution is 0.0937. The summed E-state index contributed by atoms with van der Waals surface area (Å²) in [5, 5.41) is 7.17. The number of oxazole rings is 1. The Morgan fingerprint density at radius 3 is 2.86 bits per heavy atom. The number of nitrogens with one attached hydrogen (secondary N) is 1. The van der Waals surface area contributed by atoms with E-state index in [-0.39, 0.29) is 17.5 Å². The Kier molecular flexibility index (Phi) is 4.68. The average molecular weight is 379 g/mol. The zero-order valence-corrected chi connectivity index (χ0v) is 15.5. The third kappa shape index (κ3) is 3.40. The third-order valence-corrected chi connectivity index (χ3v) is 4.98. The summed E-state index contributed by atoms with van der Waals surface area (Å²) >= 11 is 0. The molecule has 2 amide bonds. The summed E-state index contributed by atoms with van der Waals surface area (Å²) in [6.07, 6.45) is 3.02. The maximum Gasteiger partial charge on any atom is 0.273 e. The fourth-order valence-corrected chi connectivity index (χ4v) is 3.57. The largest absolute Gasteiger partial charge is 0.440 e. The number of hydrogen-bond acceptors (Lipinski definition) is 5. The van der Waals surface area contributed by atoms with Crippen molar-refractivity contribution in [3.05, 3.63) is 59.4 Å². The van der Waals surface area contributed by atoms with Gasteiger partial charge in [-0.3, -0.25) is 14.3 Å². The van der Waals surface area contributed by atoms with Crippen LogP contribution < -0.4 is 11.1 Å². The number of carbonyl (C=O) groups is 2. The number of nitrogens with two attached hydrogens (primary N) is 1. The fraction of sp³-hybridized carbons (Fsp3) is 0.300. The molecule has 4 rings (SSSR count). The molecule has 8 nitrogen and oxygen atoms in total. The molecule has 1 aliphatic heterocycles. The highest BCUT2D eigenvalue weighted by Gasteiger charge is 2.26. The zero-order valence-electron chi connectivity index (χ0n) is 15.5. The molecule has 0 saturated carbocycles. The van der Waals surface area contributed by atoms with Gasteiger partial charge in [0.15, 0.2) is 17.3 Å². The Labute approximate surface area is 161 Å². The van der Waals surface area contributed by atoms with Gasteiger partial charge in [-0.05, 0) is 18.8 Å². The number of aryl methyl sites for hydroxylation is 2. The molecule has 144 valence electrons. The highest BCUT2D eigenvalue weighted by molar-refractivity contribution is 5.97. The topological polar surface area (TPSA) is 116 Å². The van der Waals surface area contributed by atoms with Crippen LogP contribution in [0.4, 0.5) is 0 Å². The Bertz CT molecular complexity index is 1020. The summed E-state index contributed by atoms with van der Waals surface area (Å²) in [6.45, 7) is 2.89. The van der Waals surface area contributed by atoms with Crippen LogP contribution in [0, 0.1) is 12.8 Å².